The Kier molecular flexibility index (Phi) is 14.5. The third kappa shape index (κ3) is 13.9. The van der Waals surface area contributed by atoms with Gasteiger partial charge in [-0.05, 0) is 51.8 Å². The van der Waals surface area contributed by atoms with Gasteiger partial charge in [0.15, 0.2) is 12.6 Å². The number of aliphatic imine (C=N–C) groups is 1. The number of ether oxygens (including phenoxy) is 2. The second kappa shape index (κ2) is 15.5. The van der Waals surface area contributed by atoms with Gasteiger partial charge in [0.25, 0.3) is 5.91 Å². The Morgan fingerprint density at radius 2 is 1.78 bits per heavy atom. The molecule has 1 rings (SSSR count). The summed E-state index contributed by atoms with van der Waals surface area (Å²) in [6, 6.07) is 7.53. The molecule has 1 aromatic rings. The first-order valence-electron chi connectivity index (χ1n) is 10.5. The zero-order valence-electron chi connectivity index (χ0n) is 20.0. The van der Waals surface area contributed by atoms with E-state index < -0.39 is 11.7 Å². The van der Waals surface area contributed by atoms with Gasteiger partial charge in [0.05, 0.1) is 6.54 Å². The number of nitrogens with one attached hydrogen (secondary N) is 3. The van der Waals surface area contributed by atoms with Crippen LogP contribution in [-0.2, 0) is 16.1 Å². The van der Waals surface area contributed by atoms with Crippen LogP contribution >= 0.6 is 24.0 Å². The van der Waals surface area contributed by atoms with E-state index in [1.807, 2.05) is 52.0 Å². The smallest absolute Gasteiger partial charge is 0.407 e. The minimum atomic E-state index is -0.503. The molecule has 0 saturated carbocycles. The molecule has 32 heavy (non-hydrogen) atoms. The van der Waals surface area contributed by atoms with E-state index in [9.17, 15) is 9.59 Å². The summed E-state index contributed by atoms with van der Waals surface area (Å²) in [4.78, 5) is 29.4. The van der Waals surface area contributed by atoms with Gasteiger partial charge in [0, 0.05) is 33.7 Å². The number of amides is 2. The van der Waals surface area contributed by atoms with Crippen LogP contribution in [0.3, 0.4) is 0 Å². The molecule has 0 fully saturated rings. The third-order valence-electron chi connectivity index (χ3n) is 3.84. The van der Waals surface area contributed by atoms with Gasteiger partial charge in [-0.1, -0.05) is 12.1 Å². The van der Waals surface area contributed by atoms with Gasteiger partial charge in [-0.25, -0.2) is 9.79 Å². The fourth-order valence-electron chi connectivity index (χ4n) is 2.32. The second-order valence-corrected chi connectivity index (χ2v) is 8.13. The number of halogens is 1. The van der Waals surface area contributed by atoms with Gasteiger partial charge in [-0.3, -0.25) is 4.79 Å². The van der Waals surface area contributed by atoms with Gasteiger partial charge in [-0.15, -0.1) is 24.0 Å². The number of alkyl carbamates (subject to hydrolysis) is 1. The van der Waals surface area contributed by atoms with Crippen molar-refractivity contribution in [3.05, 3.63) is 29.8 Å². The average molecular weight is 563 g/mol. The molecule has 0 aromatic heterocycles. The Balaban J connectivity index is 0.00000961. The highest BCUT2D eigenvalue weighted by Gasteiger charge is 2.15. The Labute approximate surface area is 208 Å². The maximum Gasteiger partial charge on any atom is 0.407 e. The van der Waals surface area contributed by atoms with Crippen molar-refractivity contribution in [1.29, 1.82) is 0 Å². The van der Waals surface area contributed by atoms with E-state index in [1.165, 1.54) is 4.90 Å². The molecule has 2 amide bonds. The van der Waals surface area contributed by atoms with E-state index in [0.29, 0.717) is 31.3 Å². The lowest BCUT2D eigenvalue weighted by molar-refractivity contribution is -0.130. The van der Waals surface area contributed by atoms with E-state index in [0.717, 1.165) is 18.5 Å². The first-order valence-corrected chi connectivity index (χ1v) is 10.5. The Hall–Kier alpha value is -2.24. The molecular formula is C22H38IN5O4. The van der Waals surface area contributed by atoms with E-state index in [1.54, 1.807) is 14.1 Å². The highest BCUT2D eigenvalue weighted by Crippen LogP contribution is 2.14. The first kappa shape index (κ1) is 29.8. The summed E-state index contributed by atoms with van der Waals surface area (Å²) in [5, 5.41) is 9.18. The number of rotatable bonds is 10. The summed E-state index contributed by atoms with van der Waals surface area (Å²) in [6.45, 7) is 9.85. The molecule has 0 radical (unpaired) electrons. The first-order chi connectivity index (χ1) is 14.6. The van der Waals surface area contributed by atoms with Crippen molar-refractivity contribution in [2.75, 3.05) is 40.3 Å². The third-order valence-corrected chi connectivity index (χ3v) is 3.84. The molecule has 0 spiro atoms. The minimum Gasteiger partial charge on any atom is -0.484 e. The number of hydrogen-bond donors (Lipinski definition) is 3. The fraction of sp³-hybridized carbons (Fsp3) is 0.591. The number of nitrogens with zero attached hydrogens (tertiary/aromatic N) is 2. The lowest BCUT2D eigenvalue weighted by atomic mass is 10.2. The van der Waals surface area contributed by atoms with Crippen LogP contribution in [0.5, 0.6) is 5.75 Å². The number of benzene rings is 1. The maximum absolute atomic E-state index is 11.7. The Morgan fingerprint density at radius 3 is 2.41 bits per heavy atom. The van der Waals surface area contributed by atoms with Crippen molar-refractivity contribution < 1.29 is 19.1 Å². The molecular weight excluding hydrogens is 525 g/mol. The number of likely N-dealkylation sites (N-methyl/N-ethyl adjacent to an activating group) is 1. The van der Waals surface area contributed by atoms with E-state index >= 15 is 0 Å². The highest BCUT2D eigenvalue weighted by atomic mass is 127. The maximum atomic E-state index is 11.7. The number of hydrogen-bond acceptors (Lipinski definition) is 5. The fourth-order valence-corrected chi connectivity index (χ4v) is 2.32. The molecule has 9 nitrogen and oxygen atoms in total. The summed E-state index contributed by atoms with van der Waals surface area (Å²) >= 11 is 0. The lowest BCUT2D eigenvalue weighted by Crippen LogP contribution is -2.39. The van der Waals surface area contributed by atoms with Crippen molar-refractivity contribution in [1.82, 2.24) is 20.9 Å². The molecule has 0 aliphatic heterocycles. The molecule has 0 aliphatic rings. The molecule has 10 heteroatoms. The predicted octanol–water partition coefficient (Wildman–Crippen LogP) is 2.74. The van der Waals surface area contributed by atoms with Crippen LogP contribution in [0.4, 0.5) is 4.79 Å². The van der Waals surface area contributed by atoms with Gasteiger partial charge >= 0.3 is 6.09 Å². The molecule has 0 bridgehead atoms. The average Bonchev–Trinajstić information content (AvgIpc) is 2.68. The van der Waals surface area contributed by atoms with E-state index in [-0.39, 0.29) is 36.5 Å². The Morgan fingerprint density at radius 1 is 1.09 bits per heavy atom. The number of guanidine groups is 1. The molecule has 0 aliphatic carbocycles. The van der Waals surface area contributed by atoms with Gasteiger partial charge in [-0.2, -0.15) is 0 Å². The van der Waals surface area contributed by atoms with Crippen molar-refractivity contribution in [2.24, 2.45) is 4.99 Å². The lowest BCUT2D eigenvalue weighted by Gasteiger charge is -2.19. The summed E-state index contributed by atoms with van der Waals surface area (Å²) < 4.78 is 10.8. The normalized spacial score (nSPS) is 11.1. The molecule has 0 atom stereocenters. The molecule has 3 N–H and O–H groups in total. The molecule has 1 aromatic carbocycles. The molecule has 0 heterocycles. The predicted molar refractivity (Wildman–Crippen MR) is 138 cm³/mol. The summed E-state index contributed by atoms with van der Waals surface area (Å²) in [5.74, 6) is 1.23. The largest absolute Gasteiger partial charge is 0.484 e. The van der Waals surface area contributed by atoms with Gasteiger partial charge < -0.3 is 30.3 Å². The van der Waals surface area contributed by atoms with Crippen LogP contribution in [0.2, 0.25) is 0 Å². The minimum absolute atomic E-state index is 0. The summed E-state index contributed by atoms with van der Waals surface area (Å²) in [7, 11) is 3.39. The zero-order valence-corrected chi connectivity index (χ0v) is 22.3. The number of carbonyl (C=O) groups is 2. The topological polar surface area (TPSA) is 104 Å². The SMILES string of the molecule is CCNC(=NCc1cccc(OCC(=O)N(C)C)c1)NCCCNC(=O)OC(C)(C)C.I. The monoisotopic (exact) mass is 563 g/mol. The van der Waals surface area contributed by atoms with Crippen LogP contribution in [0.25, 0.3) is 0 Å². The molecule has 0 saturated heterocycles. The standard InChI is InChI=1S/C22H37N5O4.HI/c1-7-23-20(24-12-9-13-25-21(29)31-22(2,3)4)26-15-17-10-8-11-18(14-17)30-16-19(28)27(5)6;/h8,10-11,14H,7,9,12-13,15-16H2,1-6H3,(H,25,29)(H2,23,24,26);1H. The van der Waals surface area contributed by atoms with Crippen molar-refractivity contribution >= 4 is 41.9 Å². The quantitative estimate of drug-likeness (QED) is 0.175. The molecule has 0 unspecified atom stereocenters. The van der Waals surface area contributed by atoms with Crippen LogP contribution in [0.15, 0.2) is 29.3 Å². The van der Waals surface area contributed by atoms with Gasteiger partial charge in [0.2, 0.25) is 0 Å². The van der Waals surface area contributed by atoms with Crippen LogP contribution < -0.4 is 20.7 Å². The van der Waals surface area contributed by atoms with Crippen LogP contribution in [-0.4, -0.2) is 68.8 Å². The van der Waals surface area contributed by atoms with Crippen molar-refractivity contribution in [3.8, 4) is 5.75 Å². The van der Waals surface area contributed by atoms with Crippen LogP contribution in [0, 0.1) is 0 Å². The zero-order chi connectivity index (χ0) is 23.3. The summed E-state index contributed by atoms with van der Waals surface area (Å²) in [5.41, 5.74) is 0.468. The van der Waals surface area contributed by atoms with Crippen LogP contribution in [0.1, 0.15) is 39.7 Å². The highest BCUT2D eigenvalue weighted by molar-refractivity contribution is 14.0. The Bertz CT molecular complexity index is 735. The van der Waals surface area contributed by atoms with Crippen molar-refractivity contribution in [2.45, 2.75) is 46.3 Å². The van der Waals surface area contributed by atoms with E-state index in [4.69, 9.17) is 9.47 Å². The van der Waals surface area contributed by atoms with Gasteiger partial charge in [0.1, 0.15) is 11.4 Å². The second-order valence-electron chi connectivity index (χ2n) is 8.13. The van der Waals surface area contributed by atoms with E-state index in [2.05, 4.69) is 20.9 Å². The number of carbonyl (C=O) groups excluding carboxylic acids is 2. The van der Waals surface area contributed by atoms with Crippen molar-refractivity contribution in [3.63, 3.8) is 0 Å². The summed E-state index contributed by atoms with van der Waals surface area (Å²) in [6.07, 6.45) is 0.315. The molecule has 182 valence electrons.